The van der Waals surface area contributed by atoms with Crippen LogP contribution in [0.2, 0.25) is 0 Å². The summed E-state index contributed by atoms with van der Waals surface area (Å²) in [4.78, 5) is 11.0. The van der Waals surface area contributed by atoms with Gasteiger partial charge in [0.15, 0.2) is 0 Å². The molecule has 0 heterocycles. The summed E-state index contributed by atoms with van der Waals surface area (Å²) < 4.78 is 25.4. The van der Waals surface area contributed by atoms with Crippen molar-refractivity contribution in [2.75, 3.05) is 5.32 Å². The van der Waals surface area contributed by atoms with Gasteiger partial charge in [0.05, 0.1) is 5.69 Å². The van der Waals surface area contributed by atoms with Crippen molar-refractivity contribution >= 4 is 23.2 Å². The van der Waals surface area contributed by atoms with E-state index in [4.69, 9.17) is 11.6 Å². The van der Waals surface area contributed by atoms with Crippen LogP contribution >= 0.6 is 11.6 Å². The molecule has 0 aliphatic carbocycles. The Labute approximate surface area is 84.9 Å². The molecule has 1 aromatic rings. The Morgan fingerprint density at radius 2 is 2.14 bits per heavy atom. The number of amides is 1. The van der Waals surface area contributed by atoms with Crippen molar-refractivity contribution in [2.24, 2.45) is 0 Å². The van der Waals surface area contributed by atoms with Crippen LogP contribution in [-0.4, -0.2) is 11.3 Å². The first kappa shape index (κ1) is 10.9. The third-order valence-corrected chi connectivity index (χ3v) is 1.75. The Balaban J connectivity index is 2.82. The van der Waals surface area contributed by atoms with Gasteiger partial charge in [0.1, 0.15) is 17.0 Å². The molecule has 0 saturated carbocycles. The summed E-state index contributed by atoms with van der Waals surface area (Å²) in [5, 5.41) is 1.46. The smallest absolute Gasteiger partial charge is 0.242 e. The summed E-state index contributed by atoms with van der Waals surface area (Å²) in [6.07, 6.45) is 0. The zero-order valence-corrected chi connectivity index (χ0v) is 8.11. The van der Waals surface area contributed by atoms with Gasteiger partial charge in [-0.2, -0.15) is 0 Å². The Hall–Kier alpha value is -1.16. The number of anilines is 1. The van der Waals surface area contributed by atoms with E-state index in [0.717, 1.165) is 12.1 Å². The monoisotopic (exact) mass is 219 g/mol. The summed E-state index contributed by atoms with van der Waals surface area (Å²) in [6, 6.07) is 2.88. The molecular formula is C9H8ClF2NO. The topological polar surface area (TPSA) is 29.1 Å². The van der Waals surface area contributed by atoms with Crippen LogP contribution in [0.5, 0.6) is 0 Å². The maximum Gasteiger partial charge on any atom is 0.242 e. The molecule has 0 aliphatic rings. The second kappa shape index (κ2) is 4.37. The van der Waals surface area contributed by atoms with E-state index in [2.05, 4.69) is 5.32 Å². The normalized spacial score (nSPS) is 12.3. The van der Waals surface area contributed by atoms with Crippen molar-refractivity contribution in [2.45, 2.75) is 12.3 Å². The molecule has 76 valence electrons. The number of hydrogen-bond acceptors (Lipinski definition) is 1. The van der Waals surface area contributed by atoms with E-state index in [0.29, 0.717) is 6.07 Å². The predicted molar refractivity (Wildman–Crippen MR) is 50.3 cm³/mol. The summed E-state index contributed by atoms with van der Waals surface area (Å²) in [7, 11) is 0. The highest BCUT2D eigenvalue weighted by Crippen LogP contribution is 2.15. The lowest BCUT2D eigenvalue weighted by Crippen LogP contribution is -2.20. The molecule has 0 fully saturated rings. The van der Waals surface area contributed by atoms with E-state index >= 15 is 0 Å². The van der Waals surface area contributed by atoms with Gasteiger partial charge in [-0.1, -0.05) is 0 Å². The summed E-state index contributed by atoms with van der Waals surface area (Å²) in [5.41, 5.74) is -0.0797. The molecule has 1 atom stereocenters. The van der Waals surface area contributed by atoms with Crippen molar-refractivity contribution < 1.29 is 13.6 Å². The van der Waals surface area contributed by atoms with Gasteiger partial charge in [0.2, 0.25) is 5.91 Å². The van der Waals surface area contributed by atoms with E-state index in [-0.39, 0.29) is 5.69 Å². The van der Waals surface area contributed by atoms with Gasteiger partial charge in [-0.25, -0.2) is 8.78 Å². The quantitative estimate of drug-likeness (QED) is 0.761. The van der Waals surface area contributed by atoms with Crippen molar-refractivity contribution in [3.8, 4) is 0 Å². The number of benzene rings is 1. The number of carbonyl (C=O) groups excluding carboxylic acids is 1. The average Bonchev–Trinajstić information content (AvgIpc) is 2.09. The van der Waals surface area contributed by atoms with Crippen LogP contribution in [0.15, 0.2) is 18.2 Å². The van der Waals surface area contributed by atoms with Crippen molar-refractivity contribution in [3.05, 3.63) is 29.8 Å². The molecule has 0 unspecified atom stereocenters. The number of nitrogens with one attached hydrogen (secondary N) is 1. The van der Waals surface area contributed by atoms with E-state index in [1.165, 1.54) is 6.92 Å². The molecule has 0 aromatic heterocycles. The van der Waals surface area contributed by atoms with Gasteiger partial charge >= 0.3 is 0 Å². The highest BCUT2D eigenvalue weighted by molar-refractivity contribution is 6.32. The van der Waals surface area contributed by atoms with Crippen LogP contribution in [0.25, 0.3) is 0 Å². The molecule has 1 amide bonds. The highest BCUT2D eigenvalue weighted by atomic mass is 35.5. The number of carbonyl (C=O) groups is 1. The lowest BCUT2D eigenvalue weighted by molar-refractivity contribution is -0.115. The Morgan fingerprint density at radius 3 is 2.64 bits per heavy atom. The van der Waals surface area contributed by atoms with Gasteiger partial charge in [-0.3, -0.25) is 4.79 Å². The number of halogens is 3. The lowest BCUT2D eigenvalue weighted by Gasteiger charge is -2.06. The fourth-order valence-corrected chi connectivity index (χ4v) is 0.878. The fourth-order valence-electron chi connectivity index (χ4n) is 0.823. The van der Waals surface area contributed by atoms with E-state index in [9.17, 15) is 13.6 Å². The highest BCUT2D eigenvalue weighted by Gasteiger charge is 2.11. The summed E-state index contributed by atoms with van der Waals surface area (Å²) in [5.74, 6) is -2.05. The zero-order valence-electron chi connectivity index (χ0n) is 7.35. The van der Waals surface area contributed by atoms with Crippen molar-refractivity contribution in [3.63, 3.8) is 0 Å². The van der Waals surface area contributed by atoms with Crippen LogP contribution in [0.1, 0.15) is 6.92 Å². The van der Waals surface area contributed by atoms with Crippen LogP contribution in [0, 0.1) is 11.6 Å². The molecular weight excluding hydrogens is 212 g/mol. The van der Waals surface area contributed by atoms with Gasteiger partial charge in [-0.15, -0.1) is 11.6 Å². The molecule has 0 bridgehead atoms. The second-order valence-corrected chi connectivity index (χ2v) is 3.38. The molecule has 1 N–H and O–H groups in total. The van der Waals surface area contributed by atoms with Gasteiger partial charge in [0, 0.05) is 6.07 Å². The Kier molecular flexibility index (Phi) is 3.41. The minimum Gasteiger partial charge on any atom is -0.322 e. The number of hydrogen-bond donors (Lipinski definition) is 1. The number of alkyl halides is 1. The third kappa shape index (κ3) is 2.67. The molecule has 1 aromatic carbocycles. The molecule has 2 nitrogen and oxygen atoms in total. The largest absolute Gasteiger partial charge is 0.322 e. The van der Waals surface area contributed by atoms with Crippen LogP contribution < -0.4 is 5.32 Å². The zero-order chi connectivity index (χ0) is 10.7. The molecule has 1 rings (SSSR count). The first-order valence-corrected chi connectivity index (χ1v) is 4.34. The summed E-state index contributed by atoms with van der Waals surface area (Å²) >= 11 is 5.45. The van der Waals surface area contributed by atoms with Crippen LogP contribution in [0.3, 0.4) is 0 Å². The lowest BCUT2D eigenvalue weighted by atomic mass is 10.3. The van der Waals surface area contributed by atoms with Crippen LogP contribution in [0.4, 0.5) is 14.5 Å². The fraction of sp³-hybridized carbons (Fsp3) is 0.222. The van der Waals surface area contributed by atoms with E-state index in [1.54, 1.807) is 0 Å². The SMILES string of the molecule is C[C@@H](Cl)C(=O)Nc1ccc(F)cc1F. The van der Waals surface area contributed by atoms with Crippen LogP contribution in [-0.2, 0) is 4.79 Å². The maximum absolute atomic E-state index is 13.0. The van der Waals surface area contributed by atoms with E-state index in [1.807, 2.05) is 0 Å². The molecule has 5 heteroatoms. The maximum atomic E-state index is 13.0. The Bertz CT molecular complexity index is 355. The molecule has 0 aliphatic heterocycles. The first-order chi connectivity index (χ1) is 6.50. The van der Waals surface area contributed by atoms with E-state index < -0.39 is 22.9 Å². The first-order valence-electron chi connectivity index (χ1n) is 3.90. The predicted octanol–water partition coefficient (Wildman–Crippen LogP) is 2.53. The molecule has 14 heavy (non-hydrogen) atoms. The van der Waals surface area contributed by atoms with Gasteiger partial charge in [-0.05, 0) is 19.1 Å². The molecule has 0 spiro atoms. The summed E-state index contributed by atoms with van der Waals surface area (Å²) in [6.45, 7) is 1.46. The minimum atomic E-state index is -0.823. The minimum absolute atomic E-state index is 0.0797. The standard InChI is InChI=1S/C9H8ClF2NO/c1-5(10)9(14)13-8-3-2-6(11)4-7(8)12/h2-5H,1H3,(H,13,14)/t5-/m1/s1. The average molecular weight is 220 g/mol. The molecule has 0 radical (unpaired) electrons. The number of rotatable bonds is 2. The molecule has 0 saturated heterocycles. The van der Waals surface area contributed by atoms with Gasteiger partial charge in [0.25, 0.3) is 0 Å². The second-order valence-electron chi connectivity index (χ2n) is 2.73. The van der Waals surface area contributed by atoms with Gasteiger partial charge < -0.3 is 5.32 Å². The Morgan fingerprint density at radius 1 is 1.50 bits per heavy atom. The third-order valence-electron chi connectivity index (χ3n) is 1.55. The van der Waals surface area contributed by atoms with Crippen molar-refractivity contribution in [1.29, 1.82) is 0 Å². The van der Waals surface area contributed by atoms with Crippen molar-refractivity contribution in [1.82, 2.24) is 0 Å².